The maximum absolute atomic E-state index is 4.33. The minimum Gasteiger partial charge on any atom is -0.356 e. The highest BCUT2D eigenvalue weighted by atomic mass is 15.2. The maximum atomic E-state index is 4.33. The van der Waals surface area contributed by atoms with Gasteiger partial charge in [-0.1, -0.05) is 13.8 Å². The molecular formula is C15H29N3. The Morgan fingerprint density at radius 2 is 1.78 bits per heavy atom. The number of rotatable bonds is 4. The minimum absolute atomic E-state index is 0.630. The lowest BCUT2D eigenvalue weighted by molar-refractivity contribution is 0.250. The minimum atomic E-state index is 0.630. The lowest BCUT2D eigenvalue weighted by Gasteiger charge is -2.32. The molecule has 0 atom stereocenters. The first-order chi connectivity index (χ1) is 8.69. The number of nitrogens with zero attached hydrogens (tertiary/aromatic N) is 1. The average molecular weight is 251 g/mol. The van der Waals surface area contributed by atoms with Gasteiger partial charge in [0, 0.05) is 19.6 Å². The molecule has 0 heterocycles. The average Bonchev–Trinajstić information content (AvgIpc) is 3.19. The fourth-order valence-corrected chi connectivity index (χ4v) is 2.88. The third kappa shape index (κ3) is 4.18. The molecule has 2 rings (SSSR count). The Balaban J connectivity index is 1.68. The molecule has 2 N–H and O–H groups in total. The first-order valence-corrected chi connectivity index (χ1v) is 7.66. The molecule has 2 fully saturated rings. The van der Waals surface area contributed by atoms with Crippen molar-refractivity contribution in [1.82, 2.24) is 10.6 Å². The molecule has 2 aliphatic carbocycles. The first kappa shape index (κ1) is 13.7. The summed E-state index contributed by atoms with van der Waals surface area (Å²) in [5, 5.41) is 7.04. The molecule has 104 valence electrons. The van der Waals surface area contributed by atoms with Crippen LogP contribution in [-0.4, -0.2) is 25.6 Å². The van der Waals surface area contributed by atoms with Crippen molar-refractivity contribution in [3.8, 4) is 0 Å². The van der Waals surface area contributed by atoms with Crippen LogP contribution in [0.25, 0.3) is 0 Å². The van der Waals surface area contributed by atoms with Gasteiger partial charge in [-0.05, 0) is 56.3 Å². The molecule has 3 heteroatoms. The van der Waals surface area contributed by atoms with E-state index in [0.717, 1.165) is 30.3 Å². The molecular weight excluding hydrogens is 222 g/mol. The molecule has 0 aliphatic heterocycles. The van der Waals surface area contributed by atoms with Crippen LogP contribution in [0.4, 0.5) is 0 Å². The Morgan fingerprint density at radius 1 is 1.11 bits per heavy atom. The summed E-state index contributed by atoms with van der Waals surface area (Å²) in [4.78, 5) is 4.33. The summed E-state index contributed by atoms with van der Waals surface area (Å²) in [5.41, 5.74) is 0. The van der Waals surface area contributed by atoms with Gasteiger partial charge in [0.2, 0.25) is 0 Å². The van der Waals surface area contributed by atoms with Crippen molar-refractivity contribution < 1.29 is 0 Å². The second-order valence-electron chi connectivity index (χ2n) is 6.40. The Bertz CT molecular complexity index is 273. The van der Waals surface area contributed by atoms with Crippen molar-refractivity contribution in [2.24, 2.45) is 22.7 Å². The number of guanidine groups is 1. The lowest BCUT2D eigenvalue weighted by atomic mass is 9.80. The number of hydrogen-bond donors (Lipinski definition) is 2. The van der Waals surface area contributed by atoms with E-state index < -0.39 is 0 Å². The fraction of sp³-hybridized carbons (Fsp3) is 0.933. The molecule has 0 aromatic rings. The largest absolute Gasteiger partial charge is 0.356 e. The summed E-state index contributed by atoms with van der Waals surface area (Å²) < 4.78 is 0. The highest BCUT2D eigenvalue weighted by molar-refractivity contribution is 5.79. The van der Waals surface area contributed by atoms with E-state index in [0.29, 0.717) is 6.04 Å². The van der Waals surface area contributed by atoms with Gasteiger partial charge in [0.25, 0.3) is 0 Å². The van der Waals surface area contributed by atoms with E-state index in [1.807, 2.05) is 7.05 Å². The van der Waals surface area contributed by atoms with Gasteiger partial charge < -0.3 is 10.6 Å². The van der Waals surface area contributed by atoms with E-state index >= 15 is 0 Å². The van der Waals surface area contributed by atoms with E-state index in [-0.39, 0.29) is 0 Å². The van der Waals surface area contributed by atoms with Crippen LogP contribution < -0.4 is 10.6 Å². The zero-order valence-electron chi connectivity index (χ0n) is 12.2. The smallest absolute Gasteiger partial charge is 0.191 e. The number of aliphatic imine (C=N–C) groups is 1. The SMILES string of the molecule is CN=C(NCC1CC1)NC1CCC(C(C)C)CC1. The molecule has 0 spiro atoms. The highest BCUT2D eigenvalue weighted by Crippen LogP contribution is 2.30. The van der Waals surface area contributed by atoms with Crippen molar-refractivity contribution in [2.45, 2.75) is 58.4 Å². The fourth-order valence-electron chi connectivity index (χ4n) is 2.88. The molecule has 0 aromatic heterocycles. The first-order valence-electron chi connectivity index (χ1n) is 7.66. The molecule has 3 nitrogen and oxygen atoms in total. The van der Waals surface area contributed by atoms with Gasteiger partial charge in [-0.25, -0.2) is 0 Å². The van der Waals surface area contributed by atoms with Gasteiger partial charge in [0.15, 0.2) is 5.96 Å². The van der Waals surface area contributed by atoms with Crippen LogP contribution in [0, 0.1) is 17.8 Å². The van der Waals surface area contributed by atoms with Gasteiger partial charge in [-0.3, -0.25) is 4.99 Å². The Morgan fingerprint density at radius 3 is 2.28 bits per heavy atom. The van der Waals surface area contributed by atoms with Crippen molar-refractivity contribution in [3.05, 3.63) is 0 Å². The van der Waals surface area contributed by atoms with Gasteiger partial charge in [-0.15, -0.1) is 0 Å². The number of hydrogen-bond acceptors (Lipinski definition) is 1. The third-order valence-corrected chi connectivity index (χ3v) is 4.53. The highest BCUT2D eigenvalue weighted by Gasteiger charge is 2.24. The summed E-state index contributed by atoms with van der Waals surface area (Å²) in [5.74, 6) is 3.69. The van der Waals surface area contributed by atoms with E-state index in [1.54, 1.807) is 0 Å². The standard InChI is InChI=1S/C15H29N3/c1-11(2)13-6-8-14(9-7-13)18-15(16-3)17-10-12-4-5-12/h11-14H,4-10H2,1-3H3,(H2,16,17,18). The molecule has 0 saturated heterocycles. The zero-order chi connectivity index (χ0) is 13.0. The second-order valence-corrected chi connectivity index (χ2v) is 6.40. The predicted molar refractivity (Wildman–Crippen MR) is 77.8 cm³/mol. The van der Waals surface area contributed by atoms with Gasteiger partial charge in [0.05, 0.1) is 0 Å². The Labute approximate surface area is 112 Å². The van der Waals surface area contributed by atoms with Crippen LogP contribution in [-0.2, 0) is 0 Å². The van der Waals surface area contributed by atoms with Gasteiger partial charge >= 0.3 is 0 Å². The monoisotopic (exact) mass is 251 g/mol. The molecule has 0 radical (unpaired) electrons. The summed E-state index contributed by atoms with van der Waals surface area (Å²) in [7, 11) is 1.88. The molecule has 2 saturated carbocycles. The Kier molecular flexibility index (Phi) is 4.90. The van der Waals surface area contributed by atoms with Crippen LogP contribution in [0.15, 0.2) is 4.99 Å². The van der Waals surface area contributed by atoms with Crippen molar-refractivity contribution in [3.63, 3.8) is 0 Å². The summed E-state index contributed by atoms with van der Waals surface area (Å²) in [6.45, 7) is 5.81. The van der Waals surface area contributed by atoms with Crippen LogP contribution in [0.5, 0.6) is 0 Å². The molecule has 0 aromatic carbocycles. The topological polar surface area (TPSA) is 36.4 Å². The van der Waals surface area contributed by atoms with E-state index in [1.165, 1.54) is 38.5 Å². The van der Waals surface area contributed by atoms with Crippen LogP contribution in [0.2, 0.25) is 0 Å². The van der Waals surface area contributed by atoms with Crippen LogP contribution in [0.1, 0.15) is 52.4 Å². The number of nitrogens with one attached hydrogen (secondary N) is 2. The predicted octanol–water partition coefficient (Wildman–Crippen LogP) is 2.78. The van der Waals surface area contributed by atoms with E-state index in [2.05, 4.69) is 29.5 Å². The van der Waals surface area contributed by atoms with Crippen molar-refractivity contribution in [1.29, 1.82) is 0 Å². The summed E-state index contributed by atoms with van der Waals surface area (Å²) >= 11 is 0. The normalized spacial score (nSPS) is 29.4. The summed E-state index contributed by atoms with van der Waals surface area (Å²) in [6.07, 6.45) is 8.12. The molecule has 0 bridgehead atoms. The molecule has 0 amide bonds. The molecule has 18 heavy (non-hydrogen) atoms. The second kappa shape index (κ2) is 6.44. The molecule has 0 unspecified atom stereocenters. The van der Waals surface area contributed by atoms with E-state index in [4.69, 9.17) is 0 Å². The Hall–Kier alpha value is -0.730. The van der Waals surface area contributed by atoms with Gasteiger partial charge in [0.1, 0.15) is 0 Å². The quantitative estimate of drug-likeness (QED) is 0.595. The lowest BCUT2D eigenvalue weighted by Crippen LogP contribution is -2.45. The van der Waals surface area contributed by atoms with E-state index in [9.17, 15) is 0 Å². The molecule has 2 aliphatic rings. The van der Waals surface area contributed by atoms with Gasteiger partial charge in [-0.2, -0.15) is 0 Å². The van der Waals surface area contributed by atoms with Crippen LogP contribution in [0.3, 0.4) is 0 Å². The summed E-state index contributed by atoms with van der Waals surface area (Å²) in [6, 6.07) is 0.630. The van der Waals surface area contributed by atoms with Crippen LogP contribution >= 0.6 is 0 Å². The van der Waals surface area contributed by atoms with Crippen molar-refractivity contribution in [2.75, 3.05) is 13.6 Å². The third-order valence-electron chi connectivity index (χ3n) is 4.53. The van der Waals surface area contributed by atoms with Crippen molar-refractivity contribution >= 4 is 5.96 Å². The maximum Gasteiger partial charge on any atom is 0.191 e. The zero-order valence-corrected chi connectivity index (χ0v) is 12.2.